The first-order valence-corrected chi connectivity index (χ1v) is 10.3. The van der Waals surface area contributed by atoms with Crippen LogP contribution in [0.15, 0.2) is 40.6 Å². The molecule has 5 heteroatoms. The Morgan fingerprint density at radius 2 is 2.12 bits per heavy atom. The lowest BCUT2D eigenvalue weighted by atomic mass is 9.94. The summed E-state index contributed by atoms with van der Waals surface area (Å²) in [5.41, 5.74) is 2.52. The van der Waals surface area contributed by atoms with Crippen LogP contribution in [0.3, 0.4) is 0 Å². The molecule has 1 fully saturated rings. The second-order valence-corrected chi connectivity index (χ2v) is 8.20. The van der Waals surface area contributed by atoms with E-state index in [2.05, 4.69) is 53.8 Å². The fourth-order valence-electron chi connectivity index (χ4n) is 3.38. The summed E-state index contributed by atoms with van der Waals surface area (Å²) in [7, 11) is 0. The number of thiophene rings is 1. The lowest BCUT2D eigenvalue weighted by Crippen LogP contribution is -2.41. The third kappa shape index (κ3) is 3.85. The van der Waals surface area contributed by atoms with Crippen LogP contribution in [0.25, 0.3) is 0 Å². The molecular weight excluding hydrogens is 338 g/mol. The van der Waals surface area contributed by atoms with Crippen LogP contribution in [0.4, 0.5) is 0 Å². The van der Waals surface area contributed by atoms with E-state index >= 15 is 0 Å². The Kier molecular flexibility index (Phi) is 5.64. The summed E-state index contributed by atoms with van der Waals surface area (Å²) < 4.78 is 0. The third-order valence-electron chi connectivity index (χ3n) is 4.62. The number of thioether (sulfide) groups is 1. The van der Waals surface area contributed by atoms with Crippen LogP contribution < -0.4 is 0 Å². The molecular formula is C19H23NO2S2. The molecule has 1 aliphatic heterocycles. The number of hydrogen-bond donors (Lipinski definition) is 1. The highest BCUT2D eigenvalue weighted by Crippen LogP contribution is 2.36. The Morgan fingerprint density at radius 1 is 1.38 bits per heavy atom. The van der Waals surface area contributed by atoms with Crippen molar-refractivity contribution in [2.24, 2.45) is 5.92 Å². The van der Waals surface area contributed by atoms with E-state index in [-0.39, 0.29) is 12.0 Å². The number of aryl methyl sites for hydroxylation is 1. The fourth-order valence-corrected chi connectivity index (χ4v) is 4.85. The highest BCUT2D eigenvalue weighted by atomic mass is 32.2. The molecule has 2 aromatic rings. The van der Waals surface area contributed by atoms with Crippen molar-refractivity contribution in [2.75, 3.05) is 19.3 Å². The maximum absolute atomic E-state index is 11.5. The first-order valence-electron chi connectivity index (χ1n) is 8.24. The molecule has 2 atom stereocenters. The van der Waals surface area contributed by atoms with Crippen LogP contribution in [-0.4, -0.2) is 35.3 Å². The van der Waals surface area contributed by atoms with Crippen molar-refractivity contribution in [3.63, 3.8) is 0 Å². The van der Waals surface area contributed by atoms with Crippen LogP contribution in [-0.2, 0) is 4.79 Å². The van der Waals surface area contributed by atoms with Gasteiger partial charge >= 0.3 is 5.97 Å². The van der Waals surface area contributed by atoms with Gasteiger partial charge in [-0.2, -0.15) is 0 Å². The summed E-state index contributed by atoms with van der Waals surface area (Å²) in [5, 5.41) is 11.6. The molecule has 1 aromatic carbocycles. The van der Waals surface area contributed by atoms with Gasteiger partial charge in [0.05, 0.1) is 12.0 Å². The van der Waals surface area contributed by atoms with Crippen molar-refractivity contribution in [2.45, 2.75) is 30.7 Å². The van der Waals surface area contributed by atoms with Crippen LogP contribution in [0, 0.1) is 12.8 Å². The maximum Gasteiger partial charge on any atom is 0.307 e. The van der Waals surface area contributed by atoms with Gasteiger partial charge in [0.15, 0.2) is 0 Å². The SMILES string of the molecule is CSc1ccc(C(c2cc(C)cs2)N2CCCC(C(=O)O)C2)cc1. The summed E-state index contributed by atoms with van der Waals surface area (Å²) >= 11 is 3.51. The highest BCUT2D eigenvalue weighted by Gasteiger charge is 2.31. The van der Waals surface area contributed by atoms with Gasteiger partial charge in [0.2, 0.25) is 0 Å². The molecule has 0 bridgehead atoms. The number of carboxylic acids is 1. The average Bonchev–Trinajstić information content (AvgIpc) is 3.02. The van der Waals surface area contributed by atoms with Gasteiger partial charge in [0.25, 0.3) is 0 Å². The van der Waals surface area contributed by atoms with Crippen molar-refractivity contribution in [3.8, 4) is 0 Å². The van der Waals surface area contributed by atoms with Crippen molar-refractivity contribution in [1.29, 1.82) is 0 Å². The molecule has 3 nitrogen and oxygen atoms in total. The zero-order chi connectivity index (χ0) is 17.1. The fraction of sp³-hybridized carbons (Fsp3) is 0.421. The van der Waals surface area contributed by atoms with E-state index in [9.17, 15) is 9.90 Å². The molecule has 0 aliphatic carbocycles. The summed E-state index contributed by atoms with van der Waals surface area (Å²) in [6, 6.07) is 11.1. The van der Waals surface area contributed by atoms with Gasteiger partial charge in [0.1, 0.15) is 0 Å². The number of hydrogen-bond acceptors (Lipinski definition) is 4. The van der Waals surface area contributed by atoms with Crippen LogP contribution in [0.2, 0.25) is 0 Å². The molecule has 2 unspecified atom stereocenters. The first-order chi connectivity index (χ1) is 11.6. The summed E-state index contributed by atoms with van der Waals surface area (Å²) in [6.07, 6.45) is 3.81. The van der Waals surface area contributed by atoms with Crippen molar-refractivity contribution >= 4 is 29.1 Å². The Hall–Kier alpha value is -1.30. The number of carbonyl (C=O) groups is 1. The second-order valence-electron chi connectivity index (χ2n) is 6.37. The number of carboxylic acid groups (broad SMARTS) is 1. The quantitative estimate of drug-likeness (QED) is 0.786. The number of rotatable bonds is 5. The number of aliphatic carboxylic acids is 1. The number of benzene rings is 1. The van der Waals surface area contributed by atoms with Gasteiger partial charge in [-0.15, -0.1) is 23.1 Å². The molecule has 0 radical (unpaired) electrons. The summed E-state index contributed by atoms with van der Waals surface area (Å²) in [4.78, 5) is 16.4. The van der Waals surface area contributed by atoms with E-state index < -0.39 is 5.97 Å². The number of likely N-dealkylation sites (tertiary alicyclic amines) is 1. The highest BCUT2D eigenvalue weighted by molar-refractivity contribution is 7.98. The third-order valence-corrected chi connectivity index (χ3v) is 6.47. The zero-order valence-electron chi connectivity index (χ0n) is 14.1. The topological polar surface area (TPSA) is 40.5 Å². The molecule has 3 rings (SSSR count). The lowest BCUT2D eigenvalue weighted by molar-refractivity contribution is -0.143. The first kappa shape index (κ1) is 17.5. The molecule has 1 saturated heterocycles. The predicted octanol–water partition coefficient (Wildman–Crippen LogP) is 4.66. The maximum atomic E-state index is 11.5. The summed E-state index contributed by atoms with van der Waals surface area (Å²) in [5.74, 6) is -0.925. The van der Waals surface area contributed by atoms with E-state index in [0.29, 0.717) is 6.54 Å². The minimum Gasteiger partial charge on any atom is -0.481 e. The minimum atomic E-state index is -0.668. The minimum absolute atomic E-state index is 0.154. The molecule has 128 valence electrons. The average molecular weight is 362 g/mol. The zero-order valence-corrected chi connectivity index (χ0v) is 15.7. The van der Waals surface area contributed by atoms with Gasteiger partial charge in [0, 0.05) is 16.3 Å². The lowest BCUT2D eigenvalue weighted by Gasteiger charge is -2.37. The Balaban J connectivity index is 1.93. The summed E-state index contributed by atoms with van der Waals surface area (Å²) in [6.45, 7) is 3.70. The van der Waals surface area contributed by atoms with Crippen molar-refractivity contribution in [1.82, 2.24) is 4.90 Å². The molecule has 0 saturated carbocycles. The number of nitrogens with zero attached hydrogens (tertiary/aromatic N) is 1. The van der Waals surface area contributed by atoms with Crippen molar-refractivity contribution in [3.05, 3.63) is 51.7 Å². The molecule has 2 heterocycles. The Morgan fingerprint density at radius 3 is 2.71 bits per heavy atom. The van der Waals surface area contributed by atoms with E-state index in [1.54, 1.807) is 23.1 Å². The molecule has 24 heavy (non-hydrogen) atoms. The van der Waals surface area contributed by atoms with Gasteiger partial charge in [-0.25, -0.2) is 0 Å². The van der Waals surface area contributed by atoms with Crippen LogP contribution >= 0.6 is 23.1 Å². The molecule has 1 N–H and O–H groups in total. The standard InChI is InChI=1S/C19H23NO2S2/c1-13-10-17(24-12-13)18(14-5-7-16(23-2)8-6-14)20-9-3-4-15(11-20)19(21)22/h5-8,10,12,15,18H,3-4,9,11H2,1-2H3,(H,21,22). The largest absolute Gasteiger partial charge is 0.481 e. The van der Waals surface area contributed by atoms with Gasteiger partial charge < -0.3 is 5.11 Å². The smallest absolute Gasteiger partial charge is 0.307 e. The Bertz CT molecular complexity index is 696. The van der Waals surface area contributed by atoms with Gasteiger partial charge in [-0.05, 0) is 67.3 Å². The van der Waals surface area contributed by atoms with E-state index in [4.69, 9.17) is 0 Å². The molecule has 0 spiro atoms. The Labute approximate surface area is 151 Å². The van der Waals surface area contributed by atoms with E-state index in [0.717, 1.165) is 19.4 Å². The van der Waals surface area contributed by atoms with Crippen LogP contribution in [0.5, 0.6) is 0 Å². The van der Waals surface area contributed by atoms with Gasteiger partial charge in [-0.1, -0.05) is 12.1 Å². The molecule has 1 aromatic heterocycles. The second kappa shape index (κ2) is 7.72. The van der Waals surface area contributed by atoms with E-state index in [1.165, 1.54) is 20.9 Å². The van der Waals surface area contributed by atoms with E-state index in [1.807, 2.05) is 0 Å². The monoisotopic (exact) mass is 361 g/mol. The molecule has 0 amide bonds. The van der Waals surface area contributed by atoms with Crippen molar-refractivity contribution < 1.29 is 9.90 Å². The normalized spacial score (nSPS) is 20.0. The predicted molar refractivity (Wildman–Crippen MR) is 101 cm³/mol. The van der Waals surface area contributed by atoms with Crippen LogP contribution in [0.1, 0.15) is 34.9 Å². The number of piperidine rings is 1. The molecule has 1 aliphatic rings. The van der Waals surface area contributed by atoms with Gasteiger partial charge in [-0.3, -0.25) is 9.69 Å².